The second-order valence-corrected chi connectivity index (χ2v) is 16.3. The molecule has 0 spiro atoms. The quantitative estimate of drug-likeness (QED) is 0.192. The van der Waals surface area contributed by atoms with Crippen molar-refractivity contribution in [2.45, 2.75) is 74.3 Å². The van der Waals surface area contributed by atoms with Crippen molar-refractivity contribution in [1.29, 1.82) is 0 Å². The minimum atomic E-state index is -1.03. The number of fused-ring (bicyclic) bond motifs is 15. The molecule has 0 aliphatic carbocycles. The van der Waals surface area contributed by atoms with Crippen molar-refractivity contribution in [2.75, 3.05) is 6.61 Å². The van der Waals surface area contributed by atoms with Crippen LogP contribution in [0.15, 0.2) is 91.8 Å². The number of rotatable bonds is 5. The molecule has 6 aromatic heterocycles. The summed E-state index contributed by atoms with van der Waals surface area (Å²) in [6.45, 7) is 11.5. The van der Waals surface area contributed by atoms with Gasteiger partial charge in [0.25, 0.3) is 0 Å². The van der Waals surface area contributed by atoms with Gasteiger partial charge in [0.2, 0.25) is 0 Å². The van der Waals surface area contributed by atoms with Crippen LogP contribution < -0.4 is 18.9 Å². The van der Waals surface area contributed by atoms with Crippen LogP contribution in [0.3, 0.4) is 0 Å². The van der Waals surface area contributed by atoms with Gasteiger partial charge >= 0.3 is 36.8 Å². The third-order valence-electron chi connectivity index (χ3n) is 11.8. The number of aromatic nitrogens is 15. The van der Waals surface area contributed by atoms with E-state index >= 15 is 0 Å². The zero-order chi connectivity index (χ0) is 47.4. The van der Waals surface area contributed by atoms with E-state index in [9.17, 15) is 19.5 Å². The average Bonchev–Trinajstić information content (AvgIpc) is 4.19. The maximum Gasteiger partial charge on any atom is 1.00 e. The molecule has 0 unspecified atom stereocenters. The number of esters is 2. The first-order chi connectivity index (χ1) is 32.9. The van der Waals surface area contributed by atoms with Crippen LogP contribution in [0.25, 0.3) is 34.1 Å². The van der Waals surface area contributed by atoms with E-state index < -0.39 is 17.9 Å². The van der Waals surface area contributed by atoms with E-state index in [-0.39, 0.29) is 43.6 Å². The van der Waals surface area contributed by atoms with Crippen LogP contribution in [0.1, 0.15) is 111 Å². The molecular weight excluding hydrogens is 906 g/mol. The van der Waals surface area contributed by atoms with Crippen molar-refractivity contribution in [3.63, 3.8) is 0 Å². The summed E-state index contributed by atoms with van der Waals surface area (Å²) >= 11 is 0. The molecule has 3 aliphatic rings. The number of carbonyl (C=O) groups excluding carboxylic acids is 2. The second kappa shape index (κ2) is 20.3. The summed E-state index contributed by atoms with van der Waals surface area (Å²) in [6, 6.07) is 23.4. The molecule has 9 aromatic rings. The Labute approximate surface area is 418 Å². The molecule has 12 rings (SSSR count). The van der Waals surface area contributed by atoms with Crippen LogP contribution in [0.5, 0.6) is 0 Å². The van der Waals surface area contributed by atoms with Crippen LogP contribution in [-0.2, 0) is 28.7 Å². The number of carboxylic acid groups (broad SMARTS) is 1. The Morgan fingerprint density at radius 3 is 1.21 bits per heavy atom. The molecule has 0 bridgehead atoms. The molecule has 9 heterocycles. The van der Waals surface area contributed by atoms with E-state index in [1.165, 1.54) is 0 Å². The molecule has 0 saturated heterocycles. The fourth-order valence-corrected chi connectivity index (χ4v) is 8.58. The molecule has 0 atom stereocenters. The van der Waals surface area contributed by atoms with Gasteiger partial charge < -0.3 is 20.1 Å². The Bertz CT molecular complexity index is 3450. The number of aromatic carboxylic acids is 1. The number of nitrogens with zero attached hydrogens (tertiary/aromatic N) is 15. The van der Waals surface area contributed by atoms with Crippen LogP contribution in [0.2, 0.25) is 0 Å². The van der Waals surface area contributed by atoms with Crippen molar-refractivity contribution >= 4 is 17.9 Å². The number of carbonyl (C=O) groups is 3. The van der Waals surface area contributed by atoms with Crippen LogP contribution in [0, 0.1) is 20.8 Å². The Hall–Kier alpha value is -8.32. The maximum atomic E-state index is 12.4. The fourth-order valence-electron chi connectivity index (χ4n) is 8.58. The van der Waals surface area contributed by atoms with Gasteiger partial charge in [0.05, 0.1) is 98.1 Å². The molecule has 23 heteroatoms. The molecule has 2 N–H and O–H groups in total. The predicted octanol–water partition coefficient (Wildman–Crippen LogP) is 2.90. The van der Waals surface area contributed by atoms with E-state index in [0.717, 1.165) is 79.7 Å². The number of ether oxygens (including phenoxy) is 2. The minimum Gasteiger partial charge on any atom is -0.870 e. The molecule has 3 aliphatic heterocycles. The molecule has 358 valence electrons. The third-order valence-corrected chi connectivity index (χ3v) is 11.8. The number of benzene rings is 3. The number of hydrogen-bond acceptors (Lipinski definition) is 15. The molecule has 0 amide bonds. The van der Waals surface area contributed by atoms with Crippen molar-refractivity contribution in [3.8, 4) is 34.1 Å². The standard InChI is InChI=1S/C17H17N5O2.C16H15N5O2.C14H11N5O2.CH4.Li.H2O/c1-10(2)24-17(23)16-15-8-14-11(3)19-20-22(14)13-7-5-4-6-12(13)21(15)9-18-16;1-3-23-16(22)15-14-8-13-10(2)18-19-21(13)12-7-5-4-6-11(12)20(14)9-17-15;1-8-11-6-12-13(14(20)21)15-7-18(12)9-4-2-3-5-10(9)19(11)17-16-8;;;/h4-7,9-10H,8H2,1-3H3;4-7,9H,3,8H2,1-2H3;2-5,7H,6H2,1H3,(H,20,21);1H4;;1H2/q;;;;+1;/p-1. The molecular formula is C48H48LiN15O7. The maximum absolute atomic E-state index is 12.4. The van der Waals surface area contributed by atoms with Crippen LogP contribution in [0.4, 0.5) is 0 Å². The number of carboxylic acids is 1. The van der Waals surface area contributed by atoms with E-state index in [0.29, 0.717) is 43.0 Å². The summed E-state index contributed by atoms with van der Waals surface area (Å²) in [4.78, 5) is 48.6. The normalized spacial score (nSPS) is 11.7. The number of para-hydroxylation sites is 6. The Balaban J connectivity index is 0.000000154. The van der Waals surface area contributed by atoms with E-state index in [4.69, 9.17) is 9.47 Å². The van der Waals surface area contributed by atoms with Crippen LogP contribution in [-0.4, -0.2) is 115 Å². The Kier molecular flexibility index (Phi) is 14.5. The summed E-state index contributed by atoms with van der Waals surface area (Å²) in [7, 11) is 0. The Morgan fingerprint density at radius 2 is 0.873 bits per heavy atom. The van der Waals surface area contributed by atoms with Gasteiger partial charge in [-0.25, -0.2) is 43.4 Å². The average molecular weight is 954 g/mol. The largest absolute Gasteiger partial charge is 1.00 e. The summed E-state index contributed by atoms with van der Waals surface area (Å²) in [5.74, 6) is -1.84. The molecule has 22 nitrogen and oxygen atoms in total. The predicted molar refractivity (Wildman–Crippen MR) is 250 cm³/mol. The first-order valence-electron chi connectivity index (χ1n) is 21.8. The first-order valence-corrected chi connectivity index (χ1v) is 21.8. The van der Waals surface area contributed by atoms with E-state index in [1.807, 2.05) is 130 Å². The molecule has 71 heavy (non-hydrogen) atoms. The Morgan fingerprint density at radius 1 is 0.549 bits per heavy atom. The smallest absolute Gasteiger partial charge is 0.870 e. The van der Waals surface area contributed by atoms with Gasteiger partial charge in [0.15, 0.2) is 17.1 Å². The van der Waals surface area contributed by atoms with Gasteiger partial charge in [0, 0.05) is 19.3 Å². The third kappa shape index (κ3) is 8.84. The van der Waals surface area contributed by atoms with Gasteiger partial charge in [-0.3, -0.25) is 13.7 Å². The first kappa shape index (κ1) is 50.6. The zero-order valence-electron chi connectivity index (χ0n) is 39.2. The van der Waals surface area contributed by atoms with Crippen molar-refractivity contribution in [1.82, 2.24) is 73.6 Å². The van der Waals surface area contributed by atoms with Gasteiger partial charge in [-0.1, -0.05) is 59.5 Å². The second-order valence-electron chi connectivity index (χ2n) is 16.3. The van der Waals surface area contributed by atoms with E-state index in [2.05, 4.69) is 45.9 Å². The monoisotopic (exact) mass is 953 g/mol. The van der Waals surface area contributed by atoms with Gasteiger partial charge in [-0.05, 0) is 77.9 Å². The number of imidazole rings is 3. The summed E-state index contributed by atoms with van der Waals surface area (Å²) in [6.07, 6.45) is 6.14. The van der Waals surface area contributed by atoms with Gasteiger partial charge in [0.1, 0.15) is 19.0 Å². The van der Waals surface area contributed by atoms with Crippen molar-refractivity contribution in [3.05, 3.63) is 160 Å². The minimum absolute atomic E-state index is 0. The SMILES string of the molecule is C.CCOC(=O)c1ncn2c1Cc1c(C)nnn1-c1ccccc1-2.Cc1nnn2c1Cc1c(C(=O)O)ncn1-c1ccccc1-2.Cc1nnn2c1Cc1c(C(=O)OC(C)C)ncn1-c1ccccc1-2.[Li+].[OH-]. The van der Waals surface area contributed by atoms with Crippen molar-refractivity contribution < 1.29 is 53.3 Å². The molecule has 3 aromatic carbocycles. The number of hydrogen-bond donors (Lipinski definition) is 1. The number of aryl methyl sites for hydroxylation is 3. The van der Waals surface area contributed by atoms with Gasteiger partial charge in [-0.15, -0.1) is 15.3 Å². The summed E-state index contributed by atoms with van der Waals surface area (Å²) < 4.78 is 21.6. The fraction of sp³-hybridized carbons (Fsp3) is 0.250. The molecule has 0 saturated carbocycles. The van der Waals surface area contributed by atoms with Crippen molar-refractivity contribution in [2.24, 2.45) is 0 Å². The van der Waals surface area contributed by atoms with E-state index in [1.54, 1.807) is 30.6 Å². The van der Waals surface area contributed by atoms with Crippen LogP contribution >= 0.6 is 0 Å². The zero-order valence-corrected chi connectivity index (χ0v) is 39.2. The van der Waals surface area contributed by atoms with Gasteiger partial charge in [-0.2, -0.15) is 0 Å². The summed E-state index contributed by atoms with van der Waals surface area (Å²) in [5.41, 5.74) is 13.6. The topological polar surface area (TPSA) is 265 Å². The summed E-state index contributed by atoms with van der Waals surface area (Å²) in [5, 5.41) is 34.5. The molecule has 0 radical (unpaired) electrons. The molecule has 0 fully saturated rings.